The highest BCUT2D eigenvalue weighted by molar-refractivity contribution is 5.94. The van der Waals surface area contributed by atoms with Crippen molar-refractivity contribution < 1.29 is 5.11 Å². The molecule has 4 nitrogen and oxygen atoms in total. The Bertz CT molecular complexity index is 508. The fraction of sp³-hybridized carbons (Fsp3) is 0.0769. The first-order chi connectivity index (χ1) is 8.18. The lowest BCUT2D eigenvalue weighted by molar-refractivity contribution is 0.220. The zero-order chi connectivity index (χ0) is 12.3. The molecule has 1 aromatic heterocycles. The molecule has 0 fully saturated rings. The van der Waals surface area contributed by atoms with Gasteiger partial charge in [-0.25, -0.2) is 0 Å². The number of rotatable bonds is 3. The summed E-state index contributed by atoms with van der Waals surface area (Å²) in [6.45, 7) is 0. The van der Waals surface area contributed by atoms with Crippen LogP contribution in [0.3, 0.4) is 0 Å². The quantitative estimate of drug-likeness (QED) is 0.548. The summed E-state index contributed by atoms with van der Waals surface area (Å²) in [6.07, 6.45) is 2.59. The number of nitrogens with one attached hydrogen (secondary N) is 1. The maximum absolute atomic E-state index is 10.1. The van der Waals surface area contributed by atoms with Crippen molar-refractivity contribution in [2.45, 2.75) is 6.10 Å². The number of aromatic nitrogens is 1. The van der Waals surface area contributed by atoms with Crippen molar-refractivity contribution in [1.29, 1.82) is 5.41 Å². The lowest BCUT2D eigenvalue weighted by atomic mass is 10.0. The molecule has 0 aliphatic carbocycles. The number of pyridine rings is 1. The average Bonchev–Trinajstić information content (AvgIpc) is 2.39. The van der Waals surface area contributed by atoms with Gasteiger partial charge in [0.1, 0.15) is 11.9 Å². The standard InChI is InChI=1S/C13H13N3O/c14-13(15)10-5-3-9(4-6-10)12(17)11-2-1-7-16-8-11/h1-8,12,17H,(H3,14,15). The highest BCUT2D eigenvalue weighted by atomic mass is 16.3. The zero-order valence-corrected chi connectivity index (χ0v) is 9.17. The number of amidine groups is 1. The van der Waals surface area contributed by atoms with Crippen LogP contribution in [0.2, 0.25) is 0 Å². The molecule has 1 heterocycles. The molecule has 4 N–H and O–H groups in total. The third-order valence-electron chi connectivity index (χ3n) is 2.54. The summed E-state index contributed by atoms with van der Waals surface area (Å²) in [4.78, 5) is 3.96. The Morgan fingerprint density at radius 2 is 1.88 bits per heavy atom. The fourth-order valence-electron chi connectivity index (χ4n) is 1.58. The number of aliphatic hydroxyl groups is 1. The second-order valence-corrected chi connectivity index (χ2v) is 3.72. The topological polar surface area (TPSA) is 83.0 Å². The highest BCUT2D eigenvalue weighted by Gasteiger charge is 2.10. The molecule has 2 aromatic rings. The largest absolute Gasteiger partial charge is 0.384 e. The minimum Gasteiger partial charge on any atom is -0.384 e. The van der Waals surface area contributed by atoms with Gasteiger partial charge in [-0.15, -0.1) is 0 Å². The number of nitrogens with two attached hydrogens (primary N) is 1. The van der Waals surface area contributed by atoms with Gasteiger partial charge in [-0.05, 0) is 11.6 Å². The van der Waals surface area contributed by atoms with Crippen LogP contribution in [0.25, 0.3) is 0 Å². The van der Waals surface area contributed by atoms with Gasteiger partial charge in [-0.1, -0.05) is 30.3 Å². The van der Waals surface area contributed by atoms with Crippen molar-refractivity contribution in [2.75, 3.05) is 0 Å². The van der Waals surface area contributed by atoms with Gasteiger partial charge in [-0.3, -0.25) is 10.4 Å². The van der Waals surface area contributed by atoms with Gasteiger partial charge in [0.25, 0.3) is 0 Å². The molecule has 0 amide bonds. The molecule has 1 unspecified atom stereocenters. The van der Waals surface area contributed by atoms with Gasteiger partial charge in [-0.2, -0.15) is 0 Å². The number of aliphatic hydroxyl groups excluding tert-OH is 1. The molecule has 2 rings (SSSR count). The van der Waals surface area contributed by atoms with Crippen molar-refractivity contribution in [3.8, 4) is 0 Å². The van der Waals surface area contributed by atoms with E-state index in [1.807, 2.05) is 6.07 Å². The maximum Gasteiger partial charge on any atom is 0.122 e. The molecule has 0 spiro atoms. The van der Waals surface area contributed by atoms with Crippen LogP contribution in [-0.2, 0) is 0 Å². The van der Waals surface area contributed by atoms with Crippen LogP contribution in [0.4, 0.5) is 0 Å². The molecule has 0 saturated carbocycles. The molecule has 0 aliphatic rings. The monoisotopic (exact) mass is 227 g/mol. The Balaban J connectivity index is 2.26. The first-order valence-corrected chi connectivity index (χ1v) is 5.21. The molecule has 86 valence electrons. The van der Waals surface area contributed by atoms with Crippen LogP contribution in [-0.4, -0.2) is 15.9 Å². The molecule has 0 aliphatic heterocycles. The smallest absolute Gasteiger partial charge is 0.122 e. The third kappa shape index (κ3) is 2.49. The van der Waals surface area contributed by atoms with Crippen LogP contribution in [0.5, 0.6) is 0 Å². The summed E-state index contributed by atoms with van der Waals surface area (Å²) >= 11 is 0. The van der Waals surface area contributed by atoms with Crippen molar-refractivity contribution >= 4 is 5.84 Å². The number of nitrogens with zero attached hydrogens (tertiary/aromatic N) is 1. The van der Waals surface area contributed by atoms with Gasteiger partial charge in [0.2, 0.25) is 0 Å². The molecule has 0 bridgehead atoms. The maximum atomic E-state index is 10.1. The predicted octanol–water partition coefficient (Wildman–Crippen LogP) is 1.45. The molecule has 17 heavy (non-hydrogen) atoms. The molecule has 1 aromatic carbocycles. The zero-order valence-electron chi connectivity index (χ0n) is 9.17. The van der Waals surface area contributed by atoms with Gasteiger partial charge in [0.05, 0.1) is 0 Å². The van der Waals surface area contributed by atoms with Crippen molar-refractivity contribution in [2.24, 2.45) is 5.73 Å². The summed E-state index contributed by atoms with van der Waals surface area (Å²) < 4.78 is 0. The minimum absolute atomic E-state index is 0.0208. The number of benzene rings is 1. The van der Waals surface area contributed by atoms with Crippen LogP contribution in [0, 0.1) is 5.41 Å². The number of hydrogen-bond acceptors (Lipinski definition) is 3. The van der Waals surface area contributed by atoms with Crippen LogP contribution in [0.15, 0.2) is 48.8 Å². The molecule has 4 heteroatoms. The molecule has 0 radical (unpaired) electrons. The third-order valence-corrected chi connectivity index (χ3v) is 2.54. The second kappa shape index (κ2) is 4.76. The van der Waals surface area contributed by atoms with E-state index in [1.54, 1.807) is 42.7 Å². The Labute approximate surface area is 99.3 Å². The number of hydrogen-bond donors (Lipinski definition) is 3. The van der Waals surface area contributed by atoms with E-state index >= 15 is 0 Å². The van der Waals surface area contributed by atoms with Crippen molar-refractivity contribution in [3.05, 3.63) is 65.5 Å². The van der Waals surface area contributed by atoms with Crippen molar-refractivity contribution in [3.63, 3.8) is 0 Å². The summed E-state index contributed by atoms with van der Waals surface area (Å²) in [7, 11) is 0. The summed E-state index contributed by atoms with van der Waals surface area (Å²) in [5, 5.41) is 17.4. The Kier molecular flexibility index (Phi) is 3.16. The Morgan fingerprint density at radius 3 is 2.41 bits per heavy atom. The summed E-state index contributed by atoms with van der Waals surface area (Å²) in [5.41, 5.74) is 7.50. The van der Waals surface area contributed by atoms with E-state index in [9.17, 15) is 5.11 Å². The SMILES string of the molecule is N=C(N)c1ccc(C(O)c2cccnc2)cc1. The van der Waals surface area contributed by atoms with E-state index in [0.717, 1.165) is 11.1 Å². The Morgan fingerprint density at radius 1 is 1.18 bits per heavy atom. The first kappa shape index (κ1) is 11.3. The lowest BCUT2D eigenvalue weighted by Gasteiger charge is -2.11. The van der Waals surface area contributed by atoms with E-state index in [-0.39, 0.29) is 5.84 Å². The van der Waals surface area contributed by atoms with Crippen LogP contribution >= 0.6 is 0 Å². The van der Waals surface area contributed by atoms with Crippen molar-refractivity contribution in [1.82, 2.24) is 4.98 Å². The average molecular weight is 227 g/mol. The van der Waals surface area contributed by atoms with Gasteiger partial charge in [0, 0.05) is 23.5 Å². The summed E-state index contributed by atoms with van der Waals surface area (Å²) in [5.74, 6) is 0.0208. The molecule has 0 saturated heterocycles. The van der Waals surface area contributed by atoms with E-state index in [4.69, 9.17) is 11.1 Å². The predicted molar refractivity (Wildman–Crippen MR) is 65.8 cm³/mol. The molecular weight excluding hydrogens is 214 g/mol. The fourth-order valence-corrected chi connectivity index (χ4v) is 1.58. The van der Waals surface area contributed by atoms with Gasteiger partial charge in [0.15, 0.2) is 0 Å². The highest BCUT2D eigenvalue weighted by Crippen LogP contribution is 2.21. The lowest BCUT2D eigenvalue weighted by Crippen LogP contribution is -2.11. The normalized spacial score (nSPS) is 12.1. The second-order valence-electron chi connectivity index (χ2n) is 3.72. The van der Waals surface area contributed by atoms with Gasteiger partial charge >= 0.3 is 0 Å². The number of nitrogen functional groups attached to an aromatic ring is 1. The van der Waals surface area contributed by atoms with E-state index in [1.165, 1.54) is 0 Å². The molecular formula is C13H13N3O. The summed E-state index contributed by atoms with van der Waals surface area (Å²) in [6, 6.07) is 10.6. The minimum atomic E-state index is -0.704. The van der Waals surface area contributed by atoms with E-state index < -0.39 is 6.10 Å². The van der Waals surface area contributed by atoms with E-state index in [2.05, 4.69) is 4.98 Å². The molecule has 1 atom stereocenters. The first-order valence-electron chi connectivity index (χ1n) is 5.21. The Hall–Kier alpha value is -2.20. The van der Waals surface area contributed by atoms with Gasteiger partial charge < -0.3 is 10.8 Å². The van der Waals surface area contributed by atoms with E-state index in [0.29, 0.717) is 5.56 Å². The van der Waals surface area contributed by atoms with Crippen LogP contribution < -0.4 is 5.73 Å². The van der Waals surface area contributed by atoms with Crippen LogP contribution in [0.1, 0.15) is 22.8 Å².